The Kier molecular flexibility index (Phi) is 7.55. The summed E-state index contributed by atoms with van der Waals surface area (Å²) in [6.45, 7) is 2.66. The Hall–Kier alpha value is -4.72. The average Bonchev–Trinajstić information content (AvgIpc) is 3.24. The van der Waals surface area contributed by atoms with Gasteiger partial charge in [0.05, 0.1) is 17.9 Å². The minimum Gasteiger partial charge on any atom is -0.490 e. The molecule has 0 aliphatic heterocycles. The third-order valence-electron chi connectivity index (χ3n) is 5.30. The van der Waals surface area contributed by atoms with Gasteiger partial charge in [-0.25, -0.2) is 4.68 Å². The molecule has 0 saturated heterocycles. The van der Waals surface area contributed by atoms with Gasteiger partial charge < -0.3 is 15.2 Å². The topological polar surface area (TPSA) is 110 Å². The number of nitrogens with two attached hydrogens (primary N) is 1. The van der Waals surface area contributed by atoms with Gasteiger partial charge in [-0.15, -0.1) is 0 Å². The summed E-state index contributed by atoms with van der Waals surface area (Å²) in [4.78, 5) is 0. The van der Waals surface area contributed by atoms with E-state index in [1.54, 1.807) is 24.3 Å². The van der Waals surface area contributed by atoms with Crippen molar-refractivity contribution >= 4 is 29.1 Å². The highest BCUT2D eigenvalue weighted by Gasteiger charge is 2.20. The molecule has 36 heavy (non-hydrogen) atoms. The Balaban J connectivity index is 1.66. The van der Waals surface area contributed by atoms with Crippen LogP contribution in [-0.2, 0) is 6.61 Å². The molecule has 3 aromatic carbocycles. The summed E-state index contributed by atoms with van der Waals surface area (Å²) in [5.41, 5.74) is 9.09. The Morgan fingerprint density at radius 1 is 1.03 bits per heavy atom. The standard InChI is InChI=1S/C28H22ClN5O2/c1-2-35-26-15-20(10-13-25(26)36-18-19-8-11-22(29)12-9-19)14-21(16-30)27-24(17-31)28(32)34(33-27)23-6-4-3-5-7-23/h3-15H,2,18,32H2,1H3/b21-14+. The number of aromatic nitrogens is 2. The molecule has 1 heterocycles. The van der Waals surface area contributed by atoms with Crippen LogP contribution in [0.25, 0.3) is 17.3 Å². The molecule has 0 radical (unpaired) electrons. The molecule has 0 aliphatic carbocycles. The van der Waals surface area contributed by atoms with Crippen molar-refractivity contribution in [2.24, 2.45) is 0 Å². The predicted molar refractivity (Wildman–Crippen MR) is 140 cm³/mol. The maximum absolute atomic E-state index is 9.91. The normalized spacial score (nSPS) is 10.9. The quantitative estimate of drug-likeness (QED) is 0.299. The van der Waals surface area contributed by atoms with Crippen molar-refractivity contribution in [1.82, 2.24) is 9.78 Å². The smallest absolute Gasteiger partial charge is 0.161 e. The first-order valence-electron chi connectivity index (χ1n) is 11.1. The molecule has 178 valence electrons. The molecular formula is C28H22ClN5O2. The van der Waals surface area contributed by atoms with Crippen molar-refractivity contribution in [2.75, 3.05) is 12.3 Å². The predicted octanol–water partition coefficient (Wildman–Crippen LogP) is 6.02. The van der Waals surface area contributed by atoms with Crippen molar-refractivity contribution in [3.63, 3.8) is 0 Å². The van der Waals surface area contributed by atoms with Gasteiger partial charge in [-0.2, -0.15) is 15.6 Å². The third-order valence-corrected chi connectivity index (χ3v) is 5.55. The van der Waals surface area contributed by atoms with Crippen molar-refractivity contribution in [2.45, 2.75) is 13.5 Å². The summed E-state index contributed by atoms with van der Waals surface area (Å²) in [7, 11) is 0. The van der Waals surface area contributed by atoms with Gasteiger partial charge in [-0.1, -0.05) is 48.0 Å². The Bertz CT molecular complexity index is 1480. The lowest BCUT2D eigenvalue weighted by Gasteiger charge is -2.13. The molecule has 0 atom stereocenters. The number of nitrogen functional groups attached to an aromatic ring is 1. The maximum atomic E-state index is 9.91. The van der Waals surface area contributed by atoms with Gasteiger partial charge in [0.1, 0.15) is 35.8 Å². The first-order chi connectivity index (χ1) is 17.5. The van der Waals surface area contributed by atoms with E-state index in [1.165, 1.54) is 4.68 Å². The third kappa shape index (κ3) is 5.33. The average molecular weight is 496 g/mol. The number of nitriles is 2. The van der Waals surface area contributed by atoms with Crippen LogP contribution in [0.1, 0.15) is 29.3 Å². The van der Waals surface area contributed by atoms with E-state index in [-0.39, 0.29) is 22.6 Å². The zero-order valence-corrected chi connectivity index (χ0v) is 20.2. The molecular weight excluding hydrogens is 474 g/mol. The fourth-order valence-electron chi connectivity index (χ4n) is 3.56. The van der Waals surface area contributed by atoms with Crippen LogP contribution >= 0.6 is 11.6 Å². The Morgan fingerprint density at radius 3 is 2.44 bits per heavy atom. The van der Waals surface area contributed by atoms with Crippen molar-refractivity contribution < 1.29 is 9.47 Å². The fourth-order valence-corrected chi connectivity index (χ4v) is 3.69. The molecule has 0 aliphatic rings. The van der Waals surface area contributed by atoms with Gasteiger partial charge in [0.25, 0.3) is 0 Å². The molecule has 0 saturated carbocycles. The molecule has 0 fully saturated rings. The monoisotopic (exact) mass is 495 g/mol. The van der Waals surface area contributed by atoms with Crippen LogP contribution in [0.2, 0.25) is 5.02 Å². The minimum absolute atomic E-state index is 0.139. The highest BCUT2D eigenvalue weighted by Crippen LogP contribution is 2.32. The lowest BCUT2D eigenvalue weighted by atomic mass is 10.1. The number of ether oxygens (including phenoxy) is 2. The van der Waals surface area contributed by atoms with Crippen LogP contribution in [-0.4, -0.2) is 16.4 Å². The Morgan fingerprint density at radius 2 is 1.78 bits per heavy atom. The molecule has 4 rings (SSSR count). The van der Waals surface area contributed by atoms with E-state index in [2.05, 4.69) is 17.2 Å². The highest BCUT2D eigenvalue weighted by atomic mass is 35.5. The number of halogens is 1. The summed E-state index contributed by atoms with van der Waals surface area (Å²) in [6, 6.07) is 26.2. The van der Waals surface area contributed by atoms with Gasteiger partial charge in [0.2, 0.25) is 0 Å². The van der Waals surface area contributed by atoms with Gasteiger partial charge in [0, 0.05) is 5.02 Å². The van der Waals surface area contributed by atoms with Crippen LogP contribution in [0.3, 0.4) is 0 Å². The van der Waals surface area contributed by atoms with Gasteiger partial charge in [-0.05, 0) is 60.5 Å². The second kappa shape index (κ2) is 11.1. The number of anilines is 1. The van der Waals surface area contributed by atoms with Crippen molar-refractivity contribution in [3.8, 4) is 29.3 Å². The molecule has 0 spiro atoms. The number of hydrogen-bond donors (Lipinski definition) is 1. The second-order valence-electron chi connectivity index (χ2n) is 7.69. The van der Waals surface area contributed by atoms with E-state index in [0.29, 0.717) is 41.0 Å². The van der Waals surface area contributed by atoms with E-state index in [4.69, 9.17) is 26.8 Å². The zero-order chi connectivity index (χ0) is 25.5. The zero-order valence-electron chi connectivity index (χ0n) is 19.5. The number of benzene rings is 3. The summed E-state index contributed by atoms with van der Waals surface area (Å²) in [5.74, 6) is 1.27. The molecule has 0 unspecified atom stereocenters. The van der Waals surface area contributed by atoms with E-state index in [9.17, 15) is 10.5 Å². The molecule has 0 bridgehead atoms. The number of hydrogen-bond acceptors (Lipinski definition) is 6. The van der Waals surface area contributed by atoms with E-state index < -0.39 is 0 Å². The largest absolute Gasteiger partial charge is 0.490 e. The van der Waals surface area contributed by atoms with E-state index in [1.807, 2.05) is 61.5 Å². The van der Waals surface area contributed by atoms with E-state index >= 15 is 0 Å². The number of allylic oxidation sites excluding steroid dienone is 1. The van der Waals surface area contributed by atoms with E-state index in [0.717, 1.165) is 5.56 Å². The number of para-hydroxylation sites is 1. The summed E-state index contributed by atoms with van der Waals surface area (Å²) in [6.07, 6.45) is 1.64. The lowest BCUT2D eigenvalue weighted by Crippen LogP contribution is -2.02. The van der Waals surface area contributed by atoms with Gasteiger partial charge in [-0.3, -0.25) is 0 Å². The highest BCUT2D eigenvalue weighted by molar-refractivity contribution is 6.30. The summed E-state index contributed by atoms with van der Waals surface area (Å²) < 4.78 is 13.2. The molecule has 4 aromatic rings. The van der Waals surface area contributed by atoms with Crippen LogP contribution in [0.4, 0.5) is 5.82 Å². The van der Waals surface area contributed by atoms with Crippen LogP contribution in [0.15, 0.2) is 72.8 Å². The molecule has 0 amide bonds. The van der Waals surface area contributed by atoms with Crippen LogP contribution in [0.5, 0.6) is 11.5 Å². The second-order valence-corrected chi connectivity index (χ2v) is 8.13. The van der Waals surface area contributed by atoms with Gasteiger partial charge in [0.15, 0.2) is 11.5 Å². The summed E-state index contributed by atoms with van der Waals surface area (Å²) in [5, 5.41) is 24.8. The fraction of sp³-hybridized carbons (Fsp3) is 0.107. The number of nitrogens with zero attached hydrogens (tertiary/aromatic N) is 4. The van der Waals surface area contributed by atoms with Crippen LogP contribution in [0, 0.1) is 22.7 Å². The van der Waals surface area contributed by atoms with Crippen molar-refractivity contribution in [3.05, 3.63) is 100 Å². The molecule has 8 heteroatoms. The SMILES string of the molecule is CCOc1cc(/C=C(\C#N)c2nn(-c3ccccc3)c(N)c2C#N)ccc1OCc1ccc(Cl)cc1. The molecule has 2 N–H and O–H groups in total. The summed E-state index contributed by atoms with van der Waals surface area (Å²) >= 11 is 5.95. The minimum atomic E-state index is 0.139. The maximum Gasteiger partial charge on any atom is 0.161 e. The lowest BCUT2D eigenvalue weighted by molar-refractivity contribution is 0.269. The number of rotatable bonds is 8. The van der Waals surface area contributed by atoms with Crippen molar-refractivity contribution in [1.29, 1.82) is 10.5 Å². The molecule has 7 nitrogen and oxygen atoms in total. The Labute approximate surface area is 214 Å². The molecule has 1 aromatic heterocycles. The first-order valence-corrected chi connectivity index (χ1v) is 11.5. The van der Waals surface area contributed by atoms with Crippen LogP contribution < -0.4 is 15.2 Å². The van der Waals surface area contributed by atoms with Gasteiger partial charge >= 0.3 is 0 Å². The first kappa shape index (κ1) is 24.4.